The maximum absolute atomic E-state index is 4.46. The summed E-state index contributed by atoms with van der Waals surface area (Å²) < 4.78 is 2.90. The van der Waals surface area contributed by atoms with Gasteiger partial charge < -0.3 is 0 Å². The number of halogens is 1. The largest absolute Gasteiger partial charge is 0.274 e. The minimum atomic E-state index is 0.321. The molecule has 1 aromatic heterocycles. The number of nitrogens with zero attached hydrogens (tertiary/aromatic N) is 2. The lowest BCUT2D eigenvalue weighted by Gasteiger charge is -2.09. The fraction of sp³-hybridized carbons (Fsp3) is 0.250. The van der Waals surface area contributed by atoms with Crippen molar-refractivity contribution in [2.75, 3.05) is 0 Å². The Morgan fingerprint density at radius 2 is 1.93 bits per heavy atom. The van der Waals surface area contributed by atoms with Crippen LogP contribution in [0.2, 0.25) is 0 Å². The second-order valence-corrected chi connectivity index (χ2v) is 4.52. The fourth-order valence-electron chi connectivity index (χ4n) is 1.67. The first kappa shape index (κ1) is 10.4. The second kappa shape index (κ2) is 4.19. The van der Waals surface area contributed by atoms with Gasteiger partial charge in [0.05, 0.1) is 10.2 Å². The molecule has 0 saturated heterocycles. The Morgan fingerprint density at radius 3 is 2.47 bits per heavy atom. The summed E-state index contributed by atoms with van der Waals surface area (Å²) in [6, 6.07) is 10.4. The van der Waals surface area contributed by atoms with Crippen LogP contribution in [0.15, 0.2) is 41.0 Å². The Morgan fingerprint density at radius 1 is 1.27 bits per heavy atom. The highest BCUT2D eigenvalue weighted by Gasteiger charge is 2.14. The number of aryl methyl sites for hydroxylation is 1. The van der Waals surface area contributed by atoms with E-state index < -0.39 is 0 Å². The molecule has 0 bridgehead atoms. The zero-order valence-electron chi connectivity index (χ0n) is 8.81. The van der Waals surface area contributed by atoms with Crippen LogP contribution >= 0.6 is 15.9 Å². The van der Waals surface area contributed by atoms with Gasteiger partial charge in [-0.2, -0.15) is 5.10 Å². The van der Waals surface area contributed by atoms with Crippen molar-refractivity contribution in [2.24, 2.45) is 7.05 Å². The van der Waals surface area contributed by atoms with Crippen LogP contribution < -0.4 is 0 Å². The molecule has 1 unspecified atom stereocenters. The Kier molecular flexibility index (Phi) is 2.91. The van der Waals surface area contributed by atoms with E-state index in [0.29, 0.717) is 5.92 Å². The summed E-state index contributed by atoms with van der Waals surface area (Å²) in [5.41, 5.74) is 2.38. The third-order valence-electron chi connectivity index (χ3n) is 2.52. The highest BCUT2D eigenvalue weighted by atomic mass is 79.9. The molecule has 1 atom stereocenters. The van der Waals surface area contributed by atoms with Gasteiger partial charge in [-0.1, -0.05) is 37.3 Å². The van der Waals surface area contributed by atoms with Crippen LogP contribution in [0.25, 0.3) is 0 Å². The minimum absolute atomic E-state index is 0.321. The van der Waals surface area contributed by atoms with Crippen LogP contribution in [0, 0.1) is 0 Å². The van der Waals surface area contributed by atoms with Crippen molar-refractivity contribution in [1.82, 2.24) is 9.78 Å². The molecule has 2 rings (SSSR count). The van der Waals surface area contributed by atoms with Crippen molar-refractivity contribution in [3.8, 4) is 0 Å². The Bertz CT molecular complexity index is 448. The summed E-state index contributed by atoms with van der Waals surface area (Å²) in [4.78, 5) is 0. The van der Waals surface area contributed by atoms with Crippen molar-refractivity contribution in [2.45, 2.75) is 12.8 Å². The molecule has 0 fully saturated rings. The molecule has 15 heavy (non-hydrogen) atoms. The topological polar surface area (TPSA) is 17.8 Å². The molecular weight excluding hydrogens is 252 g/mol. The number of hydrogen-bond acceptors (Lipinski definition) is 1. The third-order valence-corrected chi connectivity index (χ3v) is 3.13. The van der Waals surface area contributed by atoms with E-state index in [1.165, 1.54) is 5.56 Å². The molecule has 1 heterocycles. The molecule has 0 N–H and O–H groups in total. The summed E-state index contributed by atoms with van der Waals surface area (Å²) in [6.45, 7) is 2.17. The highest BCUT2D eigenvalue weighted by Crippen LogP contribution is 2.28. The van der Waals surface area contributed by atoms with Gasteiger partial charge in [0.1, 0.15) is 0 Å². The maximum atomic E-state index is 4.46. The maximum Gasteiger partial charge on any atom is 0.0838 e. The van der Waals surface area contributed by atoms with Gasteiger partial charge in [-0.3, -0.25) is 4.68 Å². The molecule has 0 spiro atoms. The quantitative estimate of drug-likeness (QED) is 0.814. The number of rotatable bonds is 2. The summed E-state index contributed by atoms with van der Waals surface area (Å²) >= 11 is 3.53. The van der Waals surface area contributed by atoms with Gasteiger partial charge in [-0.15, -0.1) is 0 Å². The summed E-state index contributed by atoms with van der Waals surface area (Å²) in [7, 11) is 1.94. The zero-order valence-corrected chi connectivity index (χ0v) is 10.4. The molecule has 0 aliphatic rings. The SMILES string of the molecule is CC(c1ccccc1)c1nn(C)cc1Br. The lowest BCUT2D eigenvalue weighted by molar-refractivity contribution is 0.725. The van der Waals surface area contributed by atoms with E-state index in [1.54, 1.807) is 0 Å². The Labute approximate surface area is 98.1 Å². The van der Waals surface area contributed by atoms with Gasteiger partial charge in [-0.25, -0.2) is 0 Å². The van der Waals surface area contributed by atoms with Crippen LogP contribution in [0.4, 0.5) is 0 Å². The van der Waals surface area contributed by atoms with Crippen LogP contribution in [-0.2, 0) is 7.05 Å². The van der Waals surface area contributed by atoms with Gasteiger partial charge in [0.25, 0.3) is 0 Å². The number of benzene rings is 1. The average Bonchev–Trinajstić information content (AvgIpc) is 2.58. The molecule has 2 aromatic rings. The van der Waals surface area contributed by atoms with Crippen molar-refractivity contribution in [3.63, 3.8) is 0 Å². The summed E-state index contributed by atoms with van der Waals surface area (Å²) in [5, 5.41) is 4.46. The molecule has 0 radical (unpaired) electrons. The van der Waals surface area contributed by atoms with Gasteiger partial charge in [-0.05, 0) is 21.5 Å². The lowest BCUT2D eigenvalue weighted by Crippen LogP contribution is -1.98. The van der Waals surface area contributed by atoms with E-state index in [-0.39, 0.29) is 0 Å². The molecule has 0 saturated carbocycles. The van der Waals surface area contributed by atoms with Crippen molar-refractivity contribution >= 4 is 15.9 Å². The zero-order chi connectivity index (χ0) is 10.8. The molecule has 0 aliphatic heterocycles. The number of aromatic nitrogens is 2. The molecule has 1 aromatic carbocycles. The first-order valence-corrected chi connectivity index (χ1v) is 5.72. The molecule has 2 nitrogen and oxygen atoms in total. The first-order chi connectivity index (χ1) is 7.18. The minimum Gasteiger partial charge on any atom is -0.274 e. The third kappa shape index (κ3) is 2.12. The van der Waals surface area contributed by atoms with E-state index in [0.717, 1.165) is 10.2 Å². The summed E-state index contributed by atoms with van der Waals surface area (Å²) in [5.74, 6) is 0.321. The normalized spacial score (nSPS) is 12.7. The van der Waals surface area contributed by atoms with E-state index in [1.807, 2.05) is 24.0 Å². The smallest absolute Gasteiger partial charge is 0.0838 e. The molecule has 0 aliphatic carbocycles. The van der Waals surface area contributed by atoms with Gasteiger partial charge in [0, 0.05) is 19.2 Å². The van der Waals surface area contributed by atoms with Crippen LogP contribution in [0.3, 0.4) is 0 Å². The van der Waals surface area contributed by atoms with Gasteiger partial charge >= 0.3 is 0 Å². The highest BCUT2D eigenvalue weighted by molar-refractivity contribution is 9.10. The van der Waals surface area contributed by atoms with Crippen LogP contribution in [0.1, 0.15) is 24.1 Å². The van der Waals surface area contributed by atoms with Crippen molar-refractivity contribution in [3.05, 3.63) is 52.3 Å². The second-order valence-electron chi connectivity index (χ2n) is 3.67. The van der Waals surface area contributed by atoms with E-state index in [2.05, 4.69) is 52.2 Å². The van der Waals surface area contributed by atoms with Crippen molar-refractivity contribution < 1.29 is 0 Å². The molecule has 0 amide bonds. The predicted octanol–water partition coefficient (Wildman–Crippen LogP) is 3.33. The van der Waals surface area contributed by atoms with Gasteiger partial charge in [0.15, 0.2) is 0 Å². The van der Waals surface area contributed by atoms with E-state index >= 15 is 0 Å². The Balaban J connectivity index is 2.36. The fourth-order valence-corrected chi connectivity index (χ4v) is 2.39. The Hall–Kier alpha value is -1.09. The van der Waals surface area contributed by atoms with Crippen LogP contribution in [0.5, 0.6) is 0 Å². The first-order valence-electron chi connectivity index (χ1n) is 4.92. The van der Waals surface area contributed by atoms with Crippen molar-refractivity contribution in [1.29, 1.82) is 0 Å². The van der Waals surface area contributed by atoms with Gasteiger partial charge in [0.2, 0.25) is 0 Å². The lowest BCUT2D eigenvalue weighted by atomic mass is 9.98. The van der Waals surface area contributed by atoms with Crippen LogP contribution in [-0.4, -0.2) is 9.78 Å². The van der Waals surface area contributed by atoms with E-state index in [9.17, 15) is 0 Å². The molecule has 78 valence electrons. The predicted molar refractivity (Wildman–Crippen MR) is 64.9 cm³/mol. The molecular formula is C12H13BrN2. The standard InChI is InChI=1S/C12H13BrN2/c1-9(10-6-4-3-5-7-10)12-11(13)8-15(2)14-12/h3-9H,1-2H3. The monoisotopic (exact) mass is 264 g/mol. The summed E-state index contributed by atoms with van der Waals surface area (Å²) in [6.07, 6.45) is 1.98. The molecule has 3 heteroatoms. The average molecular weight is 265 g/mol. The van der Waals surface area contributed by atoms with E-state index in [4.69, 9.17) is 0 Å². The number of hydrogen-bond donors (Lipinski definition) is 0.